The van der Waals surface area contributed by atoms with E-state index in [1.165, 1.54) is 12.1 Å². The number of hydrogen-bond acceptors (Lipinski definition) is 10. The van der Waals surface area contributed by atoms with Gasteiger partial charge in [-0.15, -0.1) is 0 Å². The zero-order valence-electron chi connectivity index (χ0n) is 24.5. The van der Waals surface area contributed by atoms with Gasteiger partial charge in [0.25, 0.3) is 0 Å². The number of unbranched alkanes of at least 4 members (excludes halogenated alkanes) is 1. The van der Waals surface area contributed by atoms with Crippen molar-refractivity contribution >= 4 is 24.2 Å². The Morgan fingerprint density at radius 3 is 1.98 bits per heavy atom. The van der Waals surface area contributed by atoms with Gasteiger partial charge in [0.15, 0.2) is 11.5 Å². The van der Waals surface area contributed by atoms with Crippen LogP contribution in [0.1, 0.15) is 79.2 Å². The normalized spacial score (nSPS) is 12.5. The third-order valence-electron chi connectivity index (χ3n) is 5.68. The molecule has 0 saturated carbocycles. The lowest BCUT2D eigenvalue weighted by atomic mass is 10.0. The molecule has 1 rings (SSSR count). The van der Waals surface area contributed by atoms with Crippen LogP contribution in [0.2, 0.25) is 0 Å². The molecule has 0 aromatic heterocycles. The highest BCUT2D eigenvalue weighted by Crippen LogP contribution is 2.30. The fourth-order valence-electron chi connectivity index (χ4n) is 3.27. The Morgan fingerprint density at radius 1 is 0.875 bits per heavy atom. The van der Waals surface area contributed by atoms with E-state index in [0.29, 0.717) is 36.7 Å². The van der Waals surface area contributed by atoms with E-state index in [9.17, 15) is 24.3 Å². The molecule has 2 N–H and O–H groups in total. The van der Waals surface area contributed by atoms with Gasteiger partial charge >= 0.3 is 24.2 Å². The van der Waals surface area contributed by atoms with E-state index in [1.54, 1.807) is 13.0 Å². The number of aliphatic carboxylic acids is 1. The Bertz CT molecular complexity index is 947. The lowest BCUT2D eigenvalue weighted by Crippen LogP contribution is -2.42. The topological polar surface area (TPSA) is 147 Å². The van der Waals surface area contributed by atoms with Crippen LogP contribution in [0.25, 0.3) is 0 Å². The number of nitrogens with one attached hydrogen (secondary N) is 1. The summed E-state index contributed by atoms with van der Waals surface area (Å²) in [6, 6.07) is 3.33. The first kappa shape index (κ1) is 34.7. The maximum Gasteiger partial charge on any atom is 0.513 e. The molecule has 0 amide bonds. The lowest BCUT2D eigenvalue weighted by molar-refractivity contribution is -0.148. The number of rotatable bonds is 18. The minimum absolute atomic E-state index is 0.00368. The third kappa shape index (κ3) is 15.3. The molecule has 2 atom stereocenters. The van der Waals surface area contributed by atoms with Crippen molar-refractivity contribution in [1.82, 2.24) is 5.32 Å². The number of benzene rings is 1. The van der Waals surface area contributed by atoms with Crippen molar-refractivity contribution in [1.29, 1.82) is 0 Å². The summed E-state index contributed by atoms with van der Waals surface area (Å²) >= 11 is 0. The standard InChI is InChI=1S/C29H45NO10/c1-7-8-9-26(31)38-21(6)18-30-23(27(32)33)16-22-10-11-24(39-28(34)36-14-12-19(2)3)25(17-22)40-29(35)37-15-13-20(4)5/h10-11,17,19-21,23,30H,7-9,12-16,18H2,1-6H3,(H,32,33)/t21?,23-/m0/s1. The number of hydrogen-bond donors (Lipinski definition) is 2. The zero-order valence-corrected chi connectivity index (χ0v) is 24.5. The highest BCUT2D eigenvalue weighted by Gasteiger charge is 2.22. The largest absolute Gasteiger partial charge is 0.513 e. The van der Waals surface area contributed by atoms with Crippen molar-refractivity contribution in [3.63, 3.8) is 0 Å². The molecule has 0 aliphatic rings. The molecule has 0 saturated heterocycles. The van der Waals surface area contributed by atoms with Crippen molar-refractivity contribution < 1.29 is 48.0 Å². The summed E-state index contributed by atoms with van der Waals surface area (Å²) in [5.41, 5.74) is 0.484. The van der Waals surface area contributed by atoms with Crippen molar-refractivity contribution in [3.8, 4) is 11.5 Å². The van der Waals surface area contributed by atoms with Crippen LogP contribution < -0.4 is 14.8 Å². The second-order valence-electron chi connectivity index (χ2n) is 10.5. The monoisotopic (exact) mass is 567 g/mol. The first-order valence-electron chi connectivity index (χ1n) is 13.9. The van der Waals surface area contributed by atoms with Crippen LogP contribution in [0.4, 0.5) is 9.59 Å². The Hall–Kier alpha value is -3.34. The van der Waals surface area contributed by atoms with Gasteiger partial charge in [-0.3, -0.25) is 9.59 Å². The van der Waals surface area contributed by atoms with Crippen molar-refractivity contribution in [2.24, 2.45) is 11.8 Å². The van der Waals surface area contributed by atoms with Crippen molar-refractivity contribution in [3.05, 3.63) is 23.8 Å². The van der Waals surface area contributed by atoms with Gasteiger partial charge in [0, 0.05) is 13.0 Å². The first-order chi connectivity index (χ1) is 18.9. The number of esters is 1. The van der Waals surface area contributed by atoms with E-state index in [1.807, 2.05) is 34.6 Å². The molecule has 1 aromatic rings. The summed E-state index contributed by atoms with van der Waals surface area (Å²) < 4.78 is 26.1. The maximum absolute atomic E-state index is 12.3. The van der Waals surface area contributed by atoms with Gasteiger partial charge in [-0.25, -0.2) is 9.59 Å². The molecule has 11 nitrogen and oxygen atoms in total. The highest BCUT2D eigenvalue weighted by molar-refractivity contribution is 5.74. The molecule has 0 heterocycles. The Kier molecular flexibility index (Phi) is 16.4. The highest BCUT2D eigenvalue weighted by atomic mass is 16.7. The number of carbonyl (C=O) groups is 4. The van der Waals surface area contributed by atoms with E-state index in [0.717, 1.165) is 12.8 Å². The molecular formula is C29H45NO10. The maximum atomic E-state index is 12.3. The average Bonchev–Trinajstić information content (AvgIpc) is 2.86. The van der Waals surface area contributed by atoms with Crippen LogP contribution in [0, 0.1) is 11.8 Å². The summed E-state index contributed by atoms with van der Waals surface area (Å²) in [5, 5.41) is 12.6. The van der Waals surface area contributed by atoms with E-state index < -0.39 is 30.4 Å². The molecule has 0 bridgehead atoms. The molecular weight excluding hydrogens is 522 g/mol. The molecule has 1 aromatic carbocycles. The first-order valence-corrected chi connectivity index (χ1v) is 13.9. The lowest BCUT2D eigenvalue weighted by Gasteiger charge is -2.19. The molecule has 0 aliphatic heterocycles. The van der Waals surface area contributed by atoms with Gasteiger partial charge in [0.1, 0.15) is 12.1 Å². The van der Waals surface area contributed by atoms with E-state index >= 15 is 0 Å². The summed E-state index contributed by atoms with van der Waals surface area (Å²) in [6.07, 6.45) is 0.730. The van der Waals surface area contributed by atoms with E-state index in [-0.39, 0.29) is 43.6 Å². The average molecular weight is 568 g/mol. The molecule has 11 heteroatoms. The molecule has 0 fully saturated rings. The second kappa shape index (κ2) is 18.9. The Labute approximate surface area is 236 Å². The van der Waals surface area contributed by atoms with Gasteiger partial charge in [0.2, 0.25) is 0 Å². The van der Waals surface area contributed by atoms with Crippen LogP contribution in [0.3, 0.4) is 0 Å². The molecule has 1 unspecified atom stereocenters. The number of carboxylic acids is 1. The van der Waals surface area contributed by atoms with E-state index in [4.69, 9.17) is 23.7 Å². The van der Waals surface area contributed by atoms with Gasteiger partial charge < -0.3 is 34.1 Å². The van der Waals surface area contributed by atoms with Crippen LogP contribution in [-0.4, -0.2) is 61.3 Å². The summed E-state index contributed by atoms with van der Waals surface area (Å²) in [4.78, 5) is 48.2. The summed E-state index contributed by atoms with van der Waals surface area (Å²) in [5.74, 6) is -0.989. The predicted octanol–water partition coefficient (Wildman–Crippen LogP) is 5.52. The Balaban J connectivity index is 2.95. The minimum atomic E-state index is -1.12. The summed E-state index contributed by atoms with van der Waals surface area (Å²) in [6.45, 7) is 12.0. The Morgan fingerprint density at radius 2 is 1.45 bits per heavy atom. The van der Waals surface area contributed by atoms with Gasteiger partial charge in [-0.05, 0) is 62.1 Å². The van der Waals surface area contributed by atoms with Crippen LogP contribution in [-0.2, 0) is 30.2 Å². The van der Waals surface area contributed by atoms with Crippen LogP contribution in [0.5, 0.6) is 11.5 Å². The third-order valence-corrected chi connectivity index (χ3v) is 5.68. The van der Waals surface area contributed by atoms with Crippen molar-refractivity contribution in [2.75, 3.05) is 19.8 Å². The molecule has 40 heavy (non-hydrogen) atoms. The SMILES string of the molecule is CCCCC(=O)OC(C)CN[C@@H](Cc1ccc(OC(=O)OCCC(C)C)c(OC(=O)OCCC(C)C)c1)C(=O)O. The number of carboxylic acid groups (broad SMARTS) is 1. The van der Waals surface area contributed by atoms with Crippen LogP contribution >= 0.6 is 0 Å². The fourth-order valence-corrected chi connectivity index (χ4v) is 3.27. The van der Waals surface area contributed by atoms with Gasteiger partial charge in [0.05, 0.1) is 13.2 Å². The molecule has 226 valence electrons. The molecule has 0 spiro atoms. The smallest absolute Gasteiger partial charge is 0.480 e. The number of carbonyl (C=O) groups excluding carboxylic acids is 3. The fraction of sp³-hybridized carbons (Fsp3) is 0.655. The number of ether oxygens (including phenoxy) is 5. The quantitative estimate of drug-likeness (QED) is 0.131. The second-order valence-corrected chi connectivity index (χ2v) is 10.5. The van der Waals surface area contributed by atoms with Crippen molar-refractivity contribution in [2.45, 2.75) is 92.2 Å². The van der Waals surface area contributed by atoms with Gasteiger partial charge in [-0.1, -0.05) is 47.1 Å². The van der Waals surface area contributed by atoms with Gasteiger partial charge in [-0.2, -0.15) is 0 Å². The predicted molar refractivity (Wildman–Crippen MR) is 148 cm³/mol. The molecule has 0 radical (unpaired) electrons. The van der Waals surface area contributed by atoms with E-state index in [2.05, 4.69) is 5.32 Å². The summed E-state index contributed by atoms with van der Waals surface area (Å²) in [7, 11) is 0. The minimum Gasteiger partial charge on any atom is -0.480 e. The van der Waals surface area contributed by atoms with Crippen LogP contribution in [0.15, 0.2) is 18.2 Å². The molecule has 0 aliphatic carbocycles. The zero-order chi connectivity index (χ0) is 30.1.